The van der Waals surface area contributed by atoms with Crippen molar-refractivity contribution in [3.8, 4) is 23.5 Å². The van der Waals surface area contributed by atoms with Crippen LogP contribution in [0, 0.1) is 22.7 Å². The van der Waals surface area contributed by atoms with Gasteiger partial charge in [0.15, 0.2) is 16.1 Å². The molecule has 17 aromatic rings. The molecule has 472 valence electrons. The number of hydrogen-bond donors (Lipinski definition) is 0. The maximum absolute atomic E-state index is 12.7. The van der Waals surface area contributed by atoms with Gasteiger partial charge in [0.1, 0.15) is 23.3 Å². The molecule has 21 rings (SSSR count). The van der Waals surface area contributed by atoms with E-state index in [0.717, 1.165) is 117 Å². The average molecular weight is 1330 g/mol. The highest BCUT2D eigenvalue weighted by Gasteiger charge is 2.52. The van der Waals surface area contributed by atoms with Gasteiger partial charge in [-0.25, -0.2) is 0 Å². The number of nitriles is 2. The van der Waals surface area contributed by atoms with Gasteiger partial charge in [-0.15, -0.1) is 0 Å². The van der Waals surface area contributed by atoms with Crippen LogP contribution in [0.5, 0.6) is 0 Å². The molecular formula is C92H58BN7Si2. The van der Waals surface area contributed by atoms with E-state index in [2.05, 4.69) is 382 Å². The summed E-state index contributed by atoms with van der Waals surface area (Å²) in [6.45, 7) is -0.315. The first-order chi connectivity index (χ1) is 50.6. The Labute approximate surface area is 592 Å². The molecule has 0 saturated heterocycles. The lowest BCUT2D eigenvalue weighted by Crippen LogP contribution is -2.77. The molecule has 6 heterocycles. The lowest BCUT2D eigenvalue weighted by Gasteiger charge is -2.45. The zero-order valence-electron chi connectivity index (χ0n) is 55.2. The summed E-state index contributed by atoms with van der Waals surface area (Å²) in [5, 5.41) is 40.0. The van der Waals surface area contributed by atoms with Crippen molar-refractivity contribution in [2.24, 2.45) is 0 Å². The minimum Gasteiger partial charge on any atom is -0.311 e. The van der Waals surface area contributed by atoms with Gasteiger partial charge in [-0.2, -0.15) is 10.5 Å². The van der Waals surface area contributed by atoms with Gasteiger partial charge in [-0.3, -0.25) is 0 Å². The Balaban J connectivity index is 0.888. The third-order valence-electron chi connectivity index (χ3n) is 22.5. The largest absolute Gasteiger partial charge is 0.311 e. The van der Waals surface area contributed by atoms with Gasteiger partial charge < -0.3 is 23.8 Å². The average Bonchev–Trinajstić information content (AvgIpc) is 1.26. The number of anilines is 9. The molecule has 0 unspecified atom stereocenters. The molecule has 0 spiro atoms. The topological polar surface area (TPSA) is 67.2 Å². The molecule has 0 radical (unpaired) electrons. The van der Waals surface area contributed by atoms with Crippen molar-refractivity contribution in [2.45, 2.75) is 0 Å². The fourth-order valence-corrected chi connectivity index (χ4v) is 28.9. The van der Waals surface area contributed by atoms with Crippen LogP contribution in [0.4, 0.5) is 51.2 Å². The fourth-order valence-electron chi connectivity index (χ4n) is 18.7. The summed E-state index contributed by atoms with van der Waals surface area (Å²) in [7, 11) is -5.98. The Morgan fingerprint density at radius 2 is 0.637 bits per heavy atom. The monoisotopic (exact) mass is 1330 g/mol. The van der Waals surface area contributed by atoms with Crippen molar-refractivity contribution in [3.63, 3.8) is 0 Å². The number of para-hydroxylation sites is 8. The van der Waals surface area contributed by atoms with Gasteiger partial charge >= 0.3 is 0 Å². The summed E-state index contributed by atoms with van der Waals surface area (Å²) in [5.74, 6) is 0. The first kappa shape index (κ1) is 57.8. The number of benzene rings is 15. The Hall–Kier alpha value is -13.2. The molecule has 0 fully saturated rings. The highest BCUT2D eigenvalue weighted by atomic mass is 28.3. The first-order valence-corrected chi connectivity index (χ1v) is 38.9. The first-order valence-electron chi connectivity index (χ1n) is 34.9. The van der Waals surface area contributed by atoms with Crippen molar-refractivity contribution in [2.75, 3.05) is 14.7 Å². The van der Waals surface area contributed by atoms with Gasteiger partial charge in [0.2, 0.25) is 0 Å². The highest BCUT2D eigenvalue weighted by Crippen LogP contribution is 2.50. The second-order valence-electron chi connectivity index (χ2n) is 27.1. The summed E-state index contributed by atoms with van der Waals surface area (Å²) in [6.07, 6.45) is 0. The molecule has 4 aliphatic heterocycles. The van der Waals surface area contributed by atoms with Crippen LogP contribution in [-0.4, -0.2) is 32.0 Å². The molecule has 0 aliphatic carbocycles. The number of rotatable bonds is 8. The van der Waals surface area contributed by atoms with Crippen LogP contribution in [0.25, 0.3) is 55.0 Å². The summed E-state index contributed by atoms with van der Waals surface area (Å²) < 4.78 is 4.63. The molecule has 0 bridgehead atoms. The molecule has 15 aromatic carbocycles. The van der Waals surface area contributed by atoms with Crippen molar-refractivity contribution >= 4 is 176 Å². The molecule has 102 heavy (non-hydrogen) atoms. The minimum atomic E-state index is -2.99. The molecular weight excluding hydrogens is 1270 g/mol. The van der Waals surface area contributed by atoms with Crippen molar-refractivity contribution < 1.29 is 0 Å². The van der Waals surface area contributed by atoms with Gasteiger partial charge in [-0.05, 0) is 143 Å². The molecule has 0 saturated carbocycles. The smallest absolute Gasteiger partial charge is 0.252 e. The maximum Gasteiger partial charge on any atom is 0.252 e. The van der Waals surface area contributed by atoms with Crippen molar-refractivity contribution in [3.05, 3.63) is 363 Å². The van der Waals surface area contributed by atoms with E-state index in [9.17, 15) is 10.5 Å². The van der Waals surface area contributed by atoms with E-state index in [4.69, 9.17) is 0 Å². The van der Waals surface area contributed by atoms with E-state index in [1.54, 1.807) is 0 Å². The van der Waals surface area contributed by atoms with E-state index in [0.29, 0.717) is 16.8 Å². The standard InChI is InChI=1S/C92H58BN7Si2/c94-59-72-89(73(60-95)92-88-91(72)98(61-29-6-1-7-30-61)79-44-19-17-41-74(79)93(88)75-42-28-40-69-68-39-16-18-43-76(68)100(92)90(69)75)99-77-55-53-62(96-80-45-20-24-49-84(80)101(64-31-8-2-9-32-64,65-33-10-3-11-34-65)85-50-25-21-46-81(85)96)57-70(77)71-58-63(54-56-78(71)99)97-82-47-22-26-51-86(82)102(66-35-12-4-13-36-66,67-37-14-5-15-38-67)87-52-27-23-48-83(87)97/h1-58H. The quantitative estimate of drug-likeness (QED) is 0.142. The van der Waals surface area contributed by atoms with Crippen LogP contribution in [0.3, 0.4) is 0 Å². The summed E-state index contributed by atoms with van der Waals surface area (Å²) in [6, 6.07) is 135. The second kappa shape index (κ2) is 22.1. The Morgan fingerprint density at radius 1 is 0.265 bits per heavy atom. The normalized spacial score (nSPS) is 13.9. The SMILES string of the molecule is N#Cc1c2c3c(c(C#N)c1-n1c4ccc(N5c6ccccc6[Si](c6ccccc6)(c6ccccc6)c6ccccc65)cc4c4cc(N5c6ccccc6[Si](c6ccccc6)(c6ccccc6)c6ccccc65)ccc41)-n1c4ccccc4c4cccc(c41)B3c1ccccc1N2c1ccccc1. The van der Waals surface area contributed by atoms with E-state index in [1.807, 2.05) is 6.07 Å². The van der Waals surface area contributed by atoms with Crippen LogP contribution in [0.2, 0.25) is 0 Å². The third-order valence-corrected chi connectivity index (χ3v) is 32.2. The summed E-state index contributed by atoms with van der Waals surface area (Å²) >= 11 is 0. The van der Waals surface area contributed by atoms with E-state index in [1.165, 1.54) is 41.5 Å². The van der Waals surface area contributed by atoms with Crippen LogP contribution in [-0.2, 0) is 0 Å². The Bertz CT molecular complexity index is 6040. The minimum absolute atomic E-state index is 0.315. The van der Waals surface area contributed by atoms with E-state index < -0.39 is 16.1 Å². The highest BCUT2D eigenvalue weighted by molar-refractivity contribution is 7.22. The predicted octanol–water partition coefficient (Wildman–Crippen LogP) is 14.6. The summed E-state index contributed by atoms with van der Waals surface area (Å²) in [4.78, 5) is 7.28. The van der Waals surface area contributed by atoms with E-state index >= 15 is 0 Å². The van der Waals surface area contributed by atoms with Gasteiger partial charge in [0.25, 0.3) is 6.71 Å². The zero-order valence-corrected chi connectivity index (χ0v) is 57.2. The predicted molar refractivity (Wildman–Crippen MR) is 428 cm³/mol. The molecule has 0 atom stereocenters. The van der Waals surface area contributed by atoms with Crippen LogP contribution < -0.4 is 72.6 Å². The third kappa shape index (κ3) is 7.66. The molecule has 0 N–H and O–H groups in total. The Morgan fingerprint density at radius 3 is 1.11 bits per heavy atom. The van der Waals surface area contributed by atoms with Crippen LogP contribution >= 0.6 is 0 Å². The number of nitrogens with zero attached hydrogens (tertiary/aromatic N) is 7. The molecule has 10 heteroatoms. The molecule has 2 aromatic heterocycles. The molecule has 7 nitrogen and oxygen atoms in total. The fraction of sp³-hybridized carbons (Fsp3) is 0. The maximum atomic E-state index is 12.7. The zero-order chi connectivity index (χ0) is 67.4. The molecule has 4 aliphatic rings. The van der Waals surface area contributed by atoms with Crippen LogP contribution in [0.1, 0.15) is 11.1 Å². The van der Waals surface area contributed by atoms with E-state index in [-0.39, 0.29) is 6.71 Å². The van der Waals surface area contributed by atoms with Crippen molar-refractivity contribution in [1.29, 1.82) is 10.5 Å². The number of hydrogen-bond acceptors (Lipinski definition) is 5. The van der Waals surface area contributed by atoms with Crippen molar-refractivity contribution in [1.82, 2.24) is 9.13 Å². The number of fused-ring (bicyclic) bond motifs is 14. The van der Waals surface area contributed by atoms with Crippen LogP contribution in [0.15, 0.2) is 352 Å². The summed E-state index contributed by atoms with van der Waals surface area (Å²) in [5.41, 5.74) is 18.2. The lowest BCUT2D eigenvalue weighted by atomic mass is 9.33. The lowest BCUT2D eigenvalue weighted by molar-refractivity contribution is 1.10. The second-order valence-corrected chi connectivity index (χ2v) is 34.6. The number of aromatic nitrogens is 2. The molecule has 0 amide bonds. The van der Waals surface area contributed by atoms with Gasteiger partial charge in [0.05, 0.1) is 33.6 Å². The van der Waals surface area contributed by atoms with Gasteiger partial charge in [-0.1, -0.05) is 267 Å². The Kier molecular flexibility index (Phi) is 12.5. The van der Waals surface area contributed by atoms with Gasteiger partial charge in [0, 0.05) is 72.6 Å².